The molecule has 0 aromatic carbocycles. The van der Waals surface area contributed by atoms with E-state index in [0.29, 0.717) is 24.7 Å². The second-order valence-electron chi connectivity index (χ2n) is 4.14. The monoisotopic (exact) mass is 182 g/mol. The molecule has 0 unspecified atom stereocenters. The summed E-state index contributed by atoms with van der Waals surface area (Å²) in [7, 11) is 0. The summed E-state index contributed by atoms with van der Waals surface area (Å²) < 4.78 is 4.67. The van der Waals surface area contributed by atoms with Crippen molar-refractivity contribution in [2.45, 2.75) is 38.5 Å². The summed E-state index contributed by atoms with van der Waals surface area (Å²) in [5.41, 5.74) is 0. The van der Waals surface area contributed by atoms with Crippen LogP contribution in [0.4, 0.5) is 0 Å². The van der Waals surface area contributed by atoms with E-state index >= 15 is 0 Å². The fourth-order valence-electron chi connectivity index (χ4n) is 1.33. The van der Waals surface area contributed by atoms with Crippen molar-refractivity contribution in [3.8, 4) is 0 Å². The van der Waals surface area contributed by atoms with Crippen molar-refractivity contribution in [3.63, 3.8) is 0 Å². The molecule has 2 aliphatic carbocycles. The van der Waals surface area contributed by atoms with Crippen molar-refractivity contribution in [1.82, 2.24) is 0 Å². The maximum atomic E-state index is 11.1. The zero-order valence-corrected chi connectivity index (χ0v) is 7.62. The van der Waals surface area contributed by atoms with Crippen molar-refractivity contribution >= 4 is 11.9 Å². The summed E-state index contributed by atoms with van der Waals surface area (Å²) in [6.45, 7) is 0. The van der Waals surface area contributed by atoms with Gasteiger partial charge in [0.15, 0.2) is 0 Å². The highest BCUT2D eigenvalue weighted by Gasteiger charge is 2.29. The third-order valence-corrected chi connectivity index (χ3v) is 2.53. The van der Waals surface area contributed by atoms with Gasteiger partial charge in [-0.1, -0.05) is 0 Å². The maximum absolute atomic E-state index is 11.1. The predicted molar refractivity (Wildman–Crippen MR) is 45.8 cm³/mol. The molecule has 0 heterocycles. The van der Waals surface area contributed by atoms with Gasteiger partial charge in [0.2, 0.25) is 0 Å². The van der Waals surface area contributed by atoms with Gasteiger partial charge in [0, 0.05) is 12.8 Å². The van der Waals surface area contributed by atoms with E-state index < -0.39 is 0 Å². The summed E-state index contributed by atoms with van der Waals surface area (Å²) in [5.74, 6) is 0.351. The van der Waals surface area contributed by atoms with Gasteiger partial charge in [-0.05, 0) is 37.5 Å². The predicted octanol–water partition coefficient (Wildman–Crippen LogP) is 1.66. The fourth-order valence-corrected chi connectivity index (χ4v) is 1.33. The average molecular weight is 182 g/mol. The Labute approximate surface area is 77.4 Å². The van der Waals surface area contributed by atoms with Crippen LogP contribution in [0.3, 0.4) is 0 Å². The minimum atomic E-state index is -0.326. The molecule has 0 N–H and O–H groups in total. The van der Waals surface area contributed by atoms with E-state index in [2.05, 4.69) is 4.74 Å². The summed E-state index contributed by atoms with van der Waals surface area (Å²) in [6, 6.07) is 0. The molecule has 2 fully saturated rings. The van der Waals surface area contributed by atoms with E-state index in [4.69, 9.17) is 0 Å². The lowest BCUT2D eigenvalue weighted by Gasteiger charge is -2.00. The Hall–Kier alpha value is -0.860. The van der Waals surface area contributed by atoms with Crippen molar-refractivity contribution in [2.75, 3.05) is 0 Å². The lowest BCUT2D eigenvalue weighted by molar-refractivity contribution is -0.160. The molecule has 2 aliphatic rings. The number of carbonyl (C=O) groups excluding carboxylic acids is 2. The molecule has 0 radical (unpaired) electrons. The van der Waals surface area contributed by atoms with Crippen LogP contribution in [-0.4, -0.2) is 11.9 Å². The quantitative estimate of drug-likeness (QED) is 0.490. The van der Waals surface area contributed by atoms with Crippen LogP contribution in [0.15, 0.2) is 0 Å². The Morgan fingerprint density at radius 2 is 1.31 bits per heavy atom. The van der Waals surface area contributed by atoms with Gasteiger partial charge in [-0.2, -0.15) is 0 Å². The van der Waals surface area contributed by atoms with Gasteiger partial charge >= 0.3 is 11.9 Å². The van der Waals surface area contributed by atoms with Gasteiger partial charge in [0.05, 0.1) is 0 Å². The van der Waals surface area contributed by atoms with E-state index in [1.54, 1.807) is 0 Å². The lowest BCUT2D eigenvalue weighted by atomic mass is 10.3. The second kappa shape index (κ2) is 3.48. The van der Waals surface area contributed by atoms with Gasteiger partial charge in [0.1, 0.15) is 0 Å². The van der Waals surface area contributed by atoms with Gasteiger partial charge in [-0.25, -0.2) is 0 Å². The lowest BCUT2D eigenvalue weighted by Crippen LogP contribution is -2.12. The Balaban J connectivity index is 1.62. The van der Waals surface area contributed by atoms with E-state index in [-0.39, 0.29) is 11.9 Å². The van der Waals surface area contributed by atoms with E-state index in [0.717, 1.165) is 25.7 Å². The van der Waals surface area contributed by atoms with Gasteiger partial charge in [0.25, 0.3) is 0 Å². The molecule has 0 bridgehead atoms. The Bertz CT molecular complexity index is 202. The standard InChI is InChI=1S/C10H14O3/c11-9(5-7-1-2-7)13-10(12)6-8-3-4-8/h7-8H,1-6H2. The molecule has 0 atom stereocenters. The third-order valence-electron chi connectivity index (χ3n) is 2.53. The molecule has 0 amide bonds. The molecule has 3 nitrogen and oxygen atoms in total. The van der Waals surface area contributed by atoms with Crippen LogP contribution in [-0.2, 0) is 14.3 Å². The first kappa shape index (κ1) is 8.73. The Morgan fingerprint density at radius 1 is 0.923 bits per heavy atom. The Morgan fingerprint density at radius 3 is 1.62 bits per heavy atom. The number of hydrogen-bond acceptors (Lipinski definition) is 3. The SMILES string of the molecule is O=C(CC1CC1)OC(=O)CC1CC1. The smallest absolute Gasteiger partial charge is 0.313 e. The topological polar surface area (TPSA) is 43.4 Å². The first-order valence-corrected chi connectivity index (χ1v) is 4.97. The van der Waals surface area contributed by atoms with Crippen LogP contribution in [0, 0.1) is 11.8 Å². The first-order chi connectivity index (χ1) is 6.24. The highest BCUT2D eigenvalue weighted by atomic mass is 16.6. The number of hydrogen-bond donors (Lipinski definition) is 0. The maximum Gasteiger partial charge on any atom is 0.313 e. The fraction of sp³-hybridized carbons (Fsp3) is 0.800. The van der Waals surface area contributed by atoms with Crippen LogP contribution < -0.4 is 0 Å². The molecule has 0 spiro atoms. The second-order valence-corrected chi connectivity index (χ2v) is 4.14. The molecule has 2 saturated carbocycles. The Kier molecular flexibility index (Phi) is 2.34. The van der Waals surface area contributed by atoms with Crippen molar-refractivity contribution in [2.24, 2.45) is 11.8 Å². The molecular weight excluding hydrogens is 168 g/mol. The highest BCUT2D eigenvalue weighted by Crippen LogP contribution is 2.34. The molecule has 3 heteroatoms. The molecule has 2 rings (SSSR count). The average Bonchev–Trinajstić information content (AvgIpc) is 2.81. The van der Waals surface area contributed by atoms with Gasteiger partial charge in [-0.15, -0.1) is 0 Å². The van der Waals surface area contributed by atoms with Crippen molar-refractivity contribution < 1.29 is 14.3 Å². The normalized spacial score (nSPS) is 21.2. The largest absolute Gasteiger partial charge is 0.393 e. The number of esters is 2. The zero-order chi connectivity index (χ0) is 9.26. The third kappa shape index (κ3) is 3.17. The van der Waals surface area contributed by atoms with E-state index in [1.165, 1.54) is 0 Å². The molecule has 72 valence electrons. The zero-order valence-electron chi connectivity index (χ0n) is 7.62. The van der Waals surface area contributed by atoms with Crippen LogP contribution in [0.2, 0.25) is 0 Å². The molecule has 13 heavy (non-hydrogen) atoms. The van der Waals surface area contributed by atoms with Crippen LogP contribution >= 0.6 is 0 Å². The minimum absolute atomic E-state index is 0.326. The molecule has 0 aliphatic heterocycles. The first-order valence-electron chi connectivity index (χ1n) is 4.97. The summed E-state index contributed by atoms with van der Waals surface area (Å²) in [5, 5.41) is 0. The summed E-state index contributed by atoms with van der Waals surface area (Å²) >= 11 is 0. The molecule has 0 saturated heterocycles. The van der Waals surface area contributed by atoms with Crippen LogP contribution in [0.1, 0.15) is 38.5 Å². The molecular formula is C10H14O3. The van der Waals surface area contributed by atoms with Gasteiger partial charge in [-0.3, -0.25) is 9.59 Å². The number of ether oxygens (including phenoxy) is 1. The molecule has 0 aromatic rings. The van der Waals surface area contributed by atoms with Crippen molar-refractivity contribution in [1.29, 1.82) is 0 Å². The van der Waals surface area contributed by atoms with Crippen molar-refractivity contribution in [3.05, 3.63) is 0 Å². The van der Waals surface area contributed by atoms with Gasteiger partial charge < -0.3 is 4.74 Å². The van der Waals surface area contributed by atoms with Crippen LogP contribution in [0.5, 0.6) is 0 Å². The summed E-state index contributed by atoms with van der Waals surface area (Å²) in [6.07, 6.45) is 5.35. The molecule has 0 aromatic heterocycles. The minimum Gasteiger partial charge on any atom is -0.393 e. The summed E-state index contributed by atoms with van der Waals surface area (Å²) in [4.78, 5) is 22.1. The van der Waals surface area contributed by atoms with E-state index in [1.807, 2.05) is 0 Å². The van der Waals surface area contributed by atoms with Crippen LogP contribution in [0.25, 0.3) is 0 Å². The highest BCUT2D eigenvalue weighted by molar-refractivity contribution is 5.85. The van der Waals surface area contributed by atoms with E-state index in [9.17, 15) is 9.59 Å². The number of carbonyl (C=O) groups is 2. The number of rotatable bonds is 4.